The normalized spacial score (nSPS) is 28.5. The number of esters is 3. The van der Waals surface area contributed by atoms with Gasteiger partial charge in [0, 0.05) is 19.3 Å². The lowest BCUT2D eigenvalue weighted by molar-refractivity contribution is -0.360. The molecule has 3 aliphatic rings. The molecule has 0 radical (unpaired) electrons. The van der Waals surface area contributed by atoms with E-state index >= 15 is 0 Å². The Bertz CT molecular complexity index is 1990. The number of carbonyl (C=O) groups excluding carboxylic acids is 3. The van der Waals surface area contributed by atoms with Crippen molar-refractivity contribution < 1.29 is 117 Å². The minimum Gasteiger partial charge on any atom is -0.463 e. The lowest BCUT2D eigenvalue weighted by atomic mass is 9.84. The van der Waals surface area contributed by atoms with E-state index in [-0.39, 0.29) is 19.3 Å². The Hall–Kier alpha value is -2.30. The molecule has 3 fully saturated rings. The fourth-order valence-corrected chi connectivity index (χ4v) is 12.8. The third-order valence-corrected chi connectivity index (χ3v) is 18.8. The maximum Gasteiger partial charge on any atom is 0.472 e. The predicted molar refractivity (Wildman–Crippen MR) is 347 cm³/mol. The number of rotatable bonds is 55. The van der Waals surface area contributed by atoms with Gasteiger partial charge in [-0.25, -0.2) is 4.57 Å². The van der Waals surface area contributed by atoms with Crippen molar-refractivity contribution >= 4 is 25.7 Å². The van der Waals surface area contributed by atoms with Crippen molar-refractivity contribution in [1.82, 2.24) is 0 Å². The molecule has 11 N–H and O–H groups in total. The smallest absolute Gasteiger partial charge is 0.463 e. The van der Waals surface area contributed by atoms with Crippen molar-refractivity contribution in [3.63, 3.8) is 0 Å². The monoisotopic (exact) mass is 1360 g/mol. The zero-order valence-corrected chi connectivity index (χ0v) is 57.4. The van der Waals surface area contributed by atoms with Gasteiger partial charge in [0.25, 0.3) is 0 Å². The molecule has 2 saturated heterocycles. The molecule has 546 valence electrons. The number of phosphoric ester groups is 1. The molecular weight excluding hydrogens is 1230 g/mol. The average Bonchev–Trinajstić information content (AvgIpc) is 0.770. The van der Waals surface area contributed by atoms with Crippen molar-refractivity contribution in [3.05, 3.63) is 12.2 Å². The summed E-state index contributed by atoms with van der Waals surface area (Å²) in [6.07, 6.45) is 7.34. The van der Waals surface area contributed by atoms with E-state index in [9.17, 15) is 74.9 Å². The number of unbranched alkanes of at least 4 members (excludes halogenated alkanes) is 32. The van der Waals surface area contributed by atoms with Crippen LogP contribution in [0.3, 0.4) is 0 Å². The molecule has 24 nitrogen and oxygen atoms in total. The van der Waals surface area contributed by atoms with Crippen LogP contribution in [0.1, 0.15) is 271 Å². The molecule has 0 spiro atoms. The van der Waals surface area contributed by atoms with Crippen LogP contribution in [0.5, 0.6) is 0 Å². The number of aliphatic hydroxyl groups excluding tert-OH is 10. The van der Waals surface area contributed by atoms with Crippen LogP contribution in [-0.4, -0.2) is 204 Å². The molecule has 93 heavy (non-hydrogen) atoms. The van der Waals surface area contributed by atoms with Gasteiger partial charge in [-0.2, -0.15) is 0 Å². The molecule has 0 bridgehead atoms. The molecule has 18 atom stereocenters. The predicted octanol–water partition coefficient (Wildman–Crippen LogP) is 8.79. The second kappa shape index (κ2) is 50.9. The van der Waals surface area contributed by atoms with E-state index in [4.69, 9.17) is 42.2 Å². The highest BCUT2D eigenvalue weighted by Gasteiger charge is 2.58. The topological polar surface area (TPSA) is 374 Å². The van der Waals surface area contributed by atoms with Crippen molar-refractivity contribution in [1.29, 1.82) is 0 Å². The molecule has 25 heteroatoms. The Morgan fingerprint density at radius 2 is 0.753 bits per heavy atom. The molecule has 0 amide bonds. The van der Waals surface area contributed by atoms with E-state index in [1.807, 2.05) is 0 Å². The Kier molecular flexibility index (Phi) is 46.5. The Balaban J connectivity index is 1.76. The van der Waals surface area contributed by atoms with Gasteiger partial charge in [0.2, 0.25) is 0 Å². The van der Waals surface area contributed by atoms with Crippen LogP contribution in [0.4, 0.5) is 0 Å². The highest BCUT2D eigenvalue weighted by molar-refractivity contribution is 7.47. The van der Waals surface area contributed by atoms with Crippen molar-refractivity contribution in [2.75, 3.05) is 26.4 Å². The fourth-order valence-electron chi connectivity index (χ4n) is 11.9. The Morgan fingerprint density at radius 1 is 0.409 bits per heavy atom. The highest BCUT2D eigenvalue weighted by atomic mass is 31.2. The van der Waals surface area contributed by atoms with E-state index in [0.29, 0.717) is 19.3 Å². The largest absolute Gasteiger partial charge is 0.472 e. The summed E-state index contributed by atoms with van der Waals surface area (Å²) < 4.78 is 64.8. The molecule has 2 aliphatic heterocycles. The molecule has 0 aromatic rings. The zero-order chi connectivity index (χ0) is 68.2. The number of phosphoric acid groups is 1. The van der Waals surface area contributed by atoms with Crippen molar-refractivity contribution in [2.45, 2.75) is 375 Å². The van der Waals surface area contributed by atoms with Gasteiger partial charge in [-0.3, -0.25) is 23.4 Å². The van der Waals surface area contributed by atoms with Crippen LogP contribution in [0.2, 0.25) is 0 Å². The van der Waals surface area contributed by atoms with E-state index in [1.54, 1.807) is 0 Å². The summed E-state index contributed by atoms with van der Waals surface area (Å²) >= 11 is 0. The maximum atomic E-state index is 14.3. The van der Waals surface area contributed by atoms with Gasteiger partial charge in [-0.1, -0.05) is 219 Å². The van der Waals surface area contributed by atoms with Crippen LogP contribution >= 0.6 is 7.82 Å². The second-order valence-electron chi connectivity index (χ2n) is 26.0. The average molecular weight is 1360 g/mol. The minimum atomic E-state index is -5.69. The lowest BCUT2D eigenvalue weighted by Crippen LogP contribution is -2.69. The molecule has 1 aliphatic carbocycles. The summed E-state index contributed by atoms with van der Waals surface area (Å²) in [7, 11) is -5.69. The van der Waals surface area contributed by atoms with Crippen molar-refractivity contribution in [3.8, 4) is 0 Å². The fraction of sp³-hybridized carbons (Fsp3) is 0.926. The van der Waals surface area contributed by atoms with Gasteiger partial charge >= 0.3 is 25.7 Å². The number of carbonyl (C=O) groups is 3. The van der Waals surface area contributed by atoms with Crippen LogP contribution < -0.4 is 0 Å². The number of allylic oxidation sites excluding steroid dienone is 2. The first-order valence-corrected chi connectivity index (χ1v) is 37.5. The zero-order valence-electron chi connectivity index (χ0n) is 56.5. The van der Waals surface area contributed by atoms with Crippen LogP contribution in [0.25, 0.3) is 0 Å². The molecule has 1 saturated carbocycles. The van der Waals surface area contributed by atoms with E-state index in [2.05, 4.69) is 32.9 Å². The summed E-state index contributed by atoms with van der Waals surface area (Å²) in [6, 6.07) is 0. The van der Waals surface area contributed by atoms with Gasteiger partial charge in [-0.05, 0) is 44.9 Å². The van der Waals surface area contributed by atoms with Crippen LogP contribution in [0.15, 0.2) is 12.2 Å². The number of hydrogen-bond donors (Lipinski definition) is 11. The quantitative estimate of drug-likeness (QED) is 0.00890. The van der Waals surface area contributed by atoms with E-state index in [0.717, 1.165) is 116 Å². The first-order valence-electron chi connectivity index (χ1n) is 36.0. The van der Waals surface area contributed by atoms with Gasteiger partial charge < -0.3 is 89.1 Å². The summed E-state index contributed by atoms with van der Waals surface area (Å²) in [6.45, 7) is 3.40. The van der Waals surface area contributed by atoms with Crippen LogP contribution in [0, 0.1) is 0 Å². The molecular formula is C68H125O24P. The van der Waals surface area contributed by atoms with Gasteiger partial charge in [0.05, 0.1) is 13.2 Å². The number of aliphatic hydroxyl groups is 10. The number of hydrogen-bond acceptors (Lipinski definition) is 23. The first-order chi connectivity index (χ1) is 44.8. The van der Waals surface area contributed by atoms with Gasteiger partial charge in [-0.15, -0.1) is 0 Å². The summed E-state index contributed by atoms with van der Waals surface area (Å²) in [5.41, 5.74) is 0. The Morgan fingerprint density at radius 3 is 1.17 bits per heavy atom. The summed E-state index contributed by atoms with van der Waals surface area (Å²) in [5, 5.41) is 110. The summed E-state index contributed by atoms with van der Waals surface area (Å²) in [4.78, 5) is 50.8. The molecule has 18 unspecified atom stereocenters. The van der Waals surface area contributed by atoms with E-state index < -0.39 is 156 Å². The first kappa shape index (κ1) is 84.9. The Labute approximate surface area is 554 Å². The minimum absolute atomic E-state index is 0.0318. The van der Waals surface area contributed by atoms with Crippen molar-refractivity contribution in [2.24, 2.45) is 0 Å². The number of ether oxygens (including phenoxy) is 7. The standard InChI is InChI=1S/C68H125O24P/c1-4-7-10-13-16-19-22-24-25-26-29-32-35-38-41-44-54(72)87-49(46-84-52(70)42-39-36-33-30-27-21-18-15-12-9-6-3)47-86-93(82,83)92-66-64(90-67-62(80)57(75)55(73)50(45-69)88-67)60(78)59(77)61(79)65(66)91-68-63(81)58(76)56(74)51(89-68)48-85-53(71)43-40-37-34-31-28-23-20-17-14-11-8-5-2/h19,22,49-51,55-69,73-81H,4-18,20-21,23-48H2,1-3H3,(H,82,83)/b22-19-. The second-order valence-corrected chi connectivity index (χ2v) is 27.4. The van der Waals surface area contributed by atoms with E-state index in [1.165, 1.54) is 96.3 Å². The third kappa shape index (κ3) is 34.9. The third-order valence-electron chi connectivity index (χ3n) is 17.8. The molecule has 0 aromatic carbocycles. The van der Waals surface area contributed by atoms with Gasteiger partial charge in [0.1, 0.15) is 98.7 Å². The lowest BCUT2D eigenvalue weighted by Gasteiger charge is -2.49. The van der Waals surface area contributed by atoms with Crippen LogP contribution in [-0.2, 0) is 61.2 Å². The summed E-state index contributed by atoms with van der Waals surface area (Å²) in [5.74, 6) is -1.99. The molecule has 0 aromatic heterocycles. The van der Waals surface area contributed by atoms with Gasteiger partial charge in [0.15, 0.2) is 18.7 Å². The maximum absolute atomic E-state index is 14.3. The molecule has 2 heterocycles. The SMILES string of the molecule is CCCCCC/C=C\CCCCCCCCCC(=O)OC(COC(=O)CCCCCCCCCCCCC)COP(=O)(O)OC1C(OC2OC(CO)C(O)C(O)C2O)C(O)C(O)C(O)C1OC1OC(COC(=O)CCCCCCCCCCCCCC)C(O)C(O)C1O. The highest BCUT2D eigenvalue weighted by Crippen LogP contribution is 2.49. The molecule has 3 rings (SSSR count).